The number of methoxy groups -OCH3 is 1. The lowest BCUT2D eigenvalue weighted by Gasteiger charge is -2.02. The highest BCUT2D eigenvalue weighted by Gasteiger charge is 1.89. The van der Waals surface area contributed by atoms with Crippen LogP contribution in [0.4, 0.5) is 0 Å². The molecule has 7 heavy (non-hydrogen) atoms. The third-order valence-electron chi connectivity index (χ3n) is 0.413. The Labute approximate surface area is 41.2 Å². The zero-order chi connectivity index (χ0) is 5.86. The highest BCUT2D eigenvalue weighted by Crippen LogP contribution is 1.77. The normalized spacial score (nSPS) is 7.57. The summed E-state index contributed by atoms with van der Waals surface area (Å²) < 4.78 is 3.96. The Bertz CT molecular complexity index is 95.1. The van der Waals surface area contributed by atoms with Crippen molar-refractivity contribution in [3.05, 3.63) is 12.3 Å². The first-order valence-corrected chi connectivity index (χ1v) is 1.62. The molecule has 0 aliphatic carbocycles. The Morgan fingerprint density at radius 2 is 2.29 bits per heavy atom. The molecule has 0 heterocycles. The van der Waals surface area contributed by atoms with Crippen LogP contribution >= 0.6 is 0 Å². The van der Waals surface area contributed by atoms with Gasteiger partial charge in [0.15, 0.2) is 0 Å². The zero-order valence-corrected chi connectivity index (χ0v) is 3.93. The summed E-state index contributed by atoms with van der Waals surface area (Å²) in [6.45, 7) is 2.80. The molecule has 0 bridgehead atoms. The van der Waals surface area contributed by atoms with Gasteiger partial charge >= 0.3 is 5.97 Å². The van der Waals surface area contributed by atoms with Gasteiger partial charge in [0, 0.05) is 0 Å². The van der Waals surface area contributed by atoms with Gasteiger partial charge in [-0.05, 0) is 5.76 Å². The average Bonchev–Trinajstić information content (AvgIpc) is 1.65. The Balaban J connectivity index is 3.58. The molecule has 0 aromatic carbocycles. The number of esters is 1. The van der Waals surface area contributed by atoms with E-state index in [1.165, 1.54) is 0 Å². The summed E-state index contributed by atoms with van der Waals surface area (Å²) in [6, 6.07) is 0. The van der Waals surface area contributed by atoms with Gasteiger partial charge in [0.1, 0.15) is 0 Å². The smallest absolute Gasteiger partial charge is 0.321 e. The number of rotatable bonds is 1. The summed E-state index contributed by atoms with van der Waals surface area (Å²) in [5.41, 5.74) is 0. The molecule has 0 aromatic rings. The van der Waals surface area contributed by atoms with Gasteiger partial charge in [-0.15, -0.1) is 0 Å². The van der Waals surface area contributed by atoms with E-state index in [-0.39, 0.29) is 0 Å². The van der Waals surface area contributed by atoms with Crippen molar-refractivity contribution in [2.24, 2.45) is 0 Å². The molecule has 0 N–H and O–H groups in total. The van der Waals surface area contributed by atoms with Crippen molar-refractivity contribution in [1.29, 1.82) is 0 Å². The van der Waals surface area contributed by atoms with E-state index < -0.39 is 11.7 Å². The van der Waals surface area contributed by atoms with E-state index in [0.717, 1.165) is 7.11 Å². The predicted octanol–water partition coefficient (Wildman–Crippen LogP) is -0.967. The Morgan fingerprint density at radius 1 is 1.86 bits per heavy atom. The molecule has 0 saturated carbocycles. The lowest BCUT2D eigenvalue weighted by Crippen LogP contribution is -2.14. The summed E-state index contributed by atoms with van der Waals surface area (Å²) >= 11 is 0. The Hall–Kier alpha value is -0.990. The van der Waals surface area contributed by atoms with Gasteiger partial charge in [-0.2, -0.15) is 0 Å². The molecule has 0 aromatic heterocycles. The SMILES string of the molecule is C=C([O-])C(=O)OC. The van der Waals surface area contributed by atoms with Crippen LogP contribution in [0.25, 0.3) is 0 Å². The molecule has 3 heteroatoms. The quantitative estimate of drug-likeness (QED) is 0.242. The van der Waals surface area contributed by atoms with Crippen molar-refractivity contribution in [1.82, 2.24) is 0 Å². The summed E-state index contributed by atoms with van der Waals surface area (Å²) in [7, 11) is 1.13. The number of ether oxygens (including phenoxy) is 1. The van der Waals surface area contributed by atoms with Gasteiger partial charge in [0.25, 0.3) is 0 Å². The van der Waals surface area contributed by atoms with Crippen LogP contribution in [0.2, 0.25) is 0 Å². The van der Waals surface area contributed by atoms with Gasteiger partial charge in [-0.25, -0.2) is 4.79 Å². The molecule has 0 rings (SSSR count). The Kier molecular flexibility index (Phi) is 1.91. The lowest BCUT2D eigenvalue weighted by molar-refractivity contribution is -0.302. The molecule has 0 fully saturated rings. The van der Waals surface area contributed by atoms with Gasteiger partial charge in [-0.3, -0.25) is 0 Å². The van der Waals surface area contributed by atoms with Crippen molar-refractivity contribution in [2.75, 3.05) is 7.11 Å². The van der Waals surface area contributed by atoms with Crippen molar-refractivity contribution in [3.8, 4) is 0 Å². The standard InChI is InChI=1S/C4H6O3/c1-3(5)4(6)7-2/h5H,1H2,2H3/p-1. The molecule has 0 unspecified atom stereocenters. The maximum atomic E-state index is 9.88. The van der Waals surface area contributed by atoms with E-state index in [1.807, 2.05) is 0 Å². The first-order chi connectivity index (χ1) is 3.18. The maximum absolute atomic E-state index is 9.88. The van der Waals surface area contributed by atoms with E-state index in [4.69, 9.17) is 0 Å². The minimum Gasteiger partial charge on any atom is -0.868 e. The summed E-state index contributed by atoms with van der Waals surface area (Å²) in [5, 5.41) is 9.79. The van der Waals surface area contributed by atoms with E-state index in [1.54, 1.807) is 0 Å². The van der Waals surface area contributed by atoms with Gasteiger partial charge in [-0.1, -0.05) is 6.58 Å². The monoisotopic (exact) mass is 101 g/mol. The first-order valence-electron chi connectivity index (χ1n) is 1.62. The predicted molar refractivity (Wildman–Crippen MR) is 21.2 cm³/mol. The van der Waals surface area contributed by atoms with Crippen molar-refractivity contribution in [3.63, 3.8) is 0 Å². The minimum atomic E-state index is -0.903. The fourth-order valence-corrected chi connectivity index (χ4v) is 0.114. The van der Waals surface area contributed by atoms with E-state index in [2.05, 4.69) is 11.3 Å². The molecule has 0 saturated heterocycles. The molecule has 40 valence electrons. The molecule has 0 atom stereocenters. The minimum absolute atomic E-state index is 0.817. The molecule has 3 nitrogen and oxygen atoms in total. The highest BCUT2D eigenvalue weighted by molar-refractivity contribution is 5.84. The van der Waals surface area contributed by atoms with Crippen molar-refractivity contribution in [2.45, 2.75) is 0 Å². The van der Waals surface area contributed by atoms with E-state index >= 15 is 0 Å². The molecule has 0 aliphatic rings. The number of hydrogen-bond acceptors (Lipinski definition) is 3. The van der Waals surface area contributed by atoms with Crippen LogP contribution in [0.1, 0.15) is 0 Å². The number of carbonyl (C=O) groups is 1. The molecule has 0 amide bonds. The second-order valence-electron chi connectivity index (χ2n) is 0.915. The van der Waals surface area contributed by atoms with Gasteiger partial charge in [0.2, 0.25) is 0 Å². The summed E-state index contributed by atoms with van der Waals surface area (Å²) in [5.74, 6) is -1.72. The van der Waals surface area contributed by atoms with Crippen LogP contribution in [0.5, 0.6) is 0 Å². The van der Waals surface area contributed by atoms with E-state index in [9.17, 15) is 9.90 Å². The fraction of sp³-hybridized carbons (Fsp3) is 0.250. The first kappa shape index (κ1) is 6.01. The molecule has 0 spiro atoms. The van der Waals surface area contributed by atoms with Gasteiger partial charge in [0.05, 0.1) is 7.11 Å². The third-order valence-corrected chi connectivity index (χ3v) is 0.413. The van der Waals surface area contributed by atoms with Crippen LogP contribution in [0.15, 0.2) is 12.3 Å². The maximum Gasteiger partial charge on any atom is 0.321 e. The Morgan fingerprint density at radius 3 is 2.29 bits per heavy atom. The van der Waals surface area contributed by atoms with Crippen LogP contribution in [0.3, 0.4) is 0 Å². The van der Waals surface area contributed by atoms with Crippen LogP contribution in [0, 0.1) is 0 Å². The topological polar surface area (TPSA) is 49.4 Å². The lowest BCUT2D eigenvalue weighted by atomic mass is 10.6. The van der Waals surface area contributed by atoms with Crippen molar-refractivity contribution < 1.29 is 14.6 Å². The van der Waals surface area contributed by atoms with Crippen LogP contribution in [-0.2, 0) is 9.53 Å². The summed E-state index contributed by atoms with van der Waals surface area (Å²) in [6.07, 6.45) is 0. The van der Waals surface area contributed by atoms with E-state index in [0.29, 0.717) is 0 Å². The van der Waals surface area contributed by atoms with Crippen LogP contribution < -0.4 is 5.11 Å². The molecular weight excluding hydrogens is 96.0 g/mol. The average molecular weight is 101 g/mol. The zero-order valence-electron chi connectivity index (χ0n) is 3.93. The third kappa shape index (κ3) is 1.81. The second kappa shape index (κ2) is 2.23. The molecule has 0 radical (unpaired) electrons. The summed E-state index contributed by atoms with van der Waals surface area (Å²) in [4.78, 5) is 9.88. The molecule has 0 aliphatic heterocycles. The number of carbonyl (C=O) groups excluding carboxylic acids is 1. The number of hydrogen-bond donors (Lipinski definition) is 0. The van der Waals surface area contributed by atoms with Gasteiger partial charge < -0.3 is 9.84 Å². The molecular formula is C4H5O3-. The van der Waals surface area contributed by atoms with Crippen molar-refractivity contribution >= 4 is 5.97 Å². The fourth-order valence-electron chi connectivity index (χ4n) is 0.114. The van der Waals surface area contributed by atoms with Crippen LogP contribution in [-0.4, -0.2) is 13.1 Å². The second-order valence-corrected chi connectivity index (χ2v) is 0.915. The highest BCUT2D eigenvalue weighted by atomic mass is 16.5. The largest absolute Gasteiger partial charge is 0.868 e.